The fraction of sp³-hybridized carbons (Fsp3) is 0.800. The molecule has 0 fully saturated rings. The average molecular weight is 155 g/mol. The van der Waals surface area contributed by atoms with Crippen molar-refractivity contribution < 1.29 is 0 Å². The van der Waals surface area contributed by atoms with Crippen LogP contribution in [0.25, 0.3) is 0 Å². The van der Waals surface area contributed by atoms with Gasteiger partial charge in [0.2, 0.25) is 0 Å². The highest BCUT2D eigenvalue weighted by Gasteiger charge is 2.04. The molecule has 0 radical (unpaired) electrons. The van der Waals surface area contributed by atoms with Crippen molar-refractivity contribution in [1.82, 2.24) is 5.32 Å². The molecule has 0 saturated heterocycles. The highest BCUT2D eigenvalue weighted by atomic mass is 14.9. The van der Waals surface area contributed by atoms with Gasteiger partial charge in [-0.3, -0.25) is 0 Å². The van der Waals surface area contributed by atoms with E-state index in [-0.39, 0.29) is 0 Å². The molecular formula is C10H21N. The molecule has 0 aliphatic heterocycles. The summed E-state index contributed by atoms with van der Waals surface area (Å²) in [6.07, 6.45) is 2.28. The van der Waals surface area contributed by atoms with Crippen molar-refractivity contribution >= 4 is 0 Å². The lowest BCUT2D eigenvalue weighted by Gasteiger charge is -2.18. The third-order valence-corrected chi connectivity index (χ3v) is 1.84. The first kappa shape index (κ1) is 10.7. The Labute approximate surface area is 70.9 Å². The smallest absolute Gasteiger partial charge is 0.00781 e. The third-order valence-electron chi connectivity index (χ3n) is 1.84. The number of rotatable bonds is 5. The molecule has 1 N–H and O–H groups in total. The van der Waals surface area contributed by atoms with Gasteiger partial charge in [-0.25, -0.2) is 0 Å². The van der Waals surface area contributed by atoms with Crippen LogP contribution in [0.2, 0.25) is 0 Å². The van der Waals surface area contributed by atoms with Crippen LogP contribution in [0.15, 0.2) is 12.2 Å². The highest BCUT2D eigenvalue weighted by Crippen LogP contribution is 2.02. The molecule has 66 valence electrons. The Morgan fingerprint density at radius 2 is 1.91 bits per heavy atom. The van der Waals surface area contributed by atoms with Crippen molar-refractivity contribution in [3.05, 3.63) is 12.2 Å². The Bertz CT molecular complexity index is 118. The molecule has 1 unspecified atom stereocenters. The second-order valence-electron chi connectivity index (χ2n) is 3.54. The Kier molecular flexibility index (Phi) is 5.22. The Morgan fingerprint density at radius 3 is 2.27 bits per heavy atom. The molecule has 0 rings (SSSR count). The zero-order valence-electron chi connectivity index (χ0n) is 8.28. The summed E-state index contributed by atoms with van der Waals surface area (Å²) in [5.74, 6) is 0. The summed E-state index contributed by atoms with van der Waals surface area (Å²) in [5.41, 5.74) is 1.26. The maximum absolute atomic E-state index is 3.89. The van der Waals surface area contributed by atoms with Gasteiger partial charge in [-0.15, -0.1) is 6.58 Å². The van der Waals surface area contributed by atoms with E-state index in [1.807, 2.05) is 0 Å². The predicted octanol–water partition coefficient (Wildman–Crippen LogP) is 2.73. The molecule has 2 atom stereocenters. The first-order chi connectivity index (χ1) is 5.06. The molecule has 11 heavy (non-hydrogen) atoms. The van der Waals surface area contributed by atoms with Gasteiger partial charge in [0.25, 0.3) is 0 Å². The molecule has 0 spiro atoms. The van der Waals surface area contributed by atoms with Crippen molar-refractivity contribution in [3.8, 4) is 0 Å². The maximum Gasteiger partial charge on any atom is 0.00781 e. The topological polar surface area (TPSA) is 12.0 Å². The van der Waals surface area contributed by atoms with E-state index in [1.165, 1.54) is 12.0 Å². The number of nitrogens with one attached hydrogen (secondary N) is 1. The minimum absolute atomic E-state index is 0.572. The normalized spacial score (nSPS) is 16.0. The first-order valence-corrected chi connectivity index (χ1v) is 4.46. The van der Waals surface area contributed by atoms with Gasteiger partial charge in [0.1, 0.15) is 0 Å². The second-order valence-corrected chi connectivity index (χ2v) is 3.54. The van der Waals surface area contributed by atoms with Crippen LogP contribution in [-0.2, 0) is 0 Å². The Hall–Kier alpha value is -0.300. The molecule has 0 aromatic heterocycles. The highest BCUT2D eigenvalue weighted by molar-refractivity contribution is 4.91. The fourth-order valence-corrected chi connectivity index (χ4v) is 1.19. The van der Waals surface area contributed by atoms with E-state index in [4.69, 9.17) is 0 Å². The summed E-state index contributed by atoms with van der Waals surface area (Å²) in [6.45, 7) is 12.6. The van der Waals surface area contributed by atoms with Gasteiger partial charge in [0.05, 0.1) is 0 Å². The molecular weight excluding hydrogens is 134 g/mol. The lowest BCUT2D eigenvalue weighted by Crippen LogP contribution is -2.33. The second kappa shape index (κ2) is 5.36. The Balaban J connectivity index is 3.51. The molecule has 0 bridgehead atoms. The van der Waals surface area contributed by atoms with Crippen LogP contribution < -0.4 is 5.32 Å². The van der Waals surface area contributed by atoms with Gasteiger partial charge >= 0.3 is 0 Å². The average Bonchev–Trinajstić information content (AvgIpc) is 1.85. The standard InChI is InChI=1S/C10H21N/c1-6-9(4)11-10(5)7-8(2)3/h9-11H,2,6-7H2,1,3-5H3/t9?,10-/m0/s1. The van der Waals surface area contributed by atoms with E-state index >= 15 is 0 Å². The summed E-state index contributed by atoms with van der Waals surface area (Å²) >= 11 is 0. The molecule has 0 amide bonds. The van der Waals surface area contributed by atoms with Crippen molar-refractivity contribution in [3.63, 3.8) is 0 Å². The van der Waals surface area contributed by atoms with E-state index in [0.717, 1.165) is 6.42 Å². The van der Waals surface area contributed by atoms with Crippen molar-refractivity contribution in [1.29, 1.82) is 0 Å². The summed E-state index contributed by atoms with van der Waals surface area (Å²) in [7, 11) is 0. The third kappa shape index (κ3) is 6.11. The van der Waals surface area contributed by atoms with Crippen LogP contribution in [0.1, 0.15) is 40.5 Å². The molecule has 1 nitrogen and oxygen atoms in total. The van der Waals surface area contributed by atoms with Gasteiger partial charge in [-0.2, -0.15) is 0 Å². The van der Waals surface area contributed by atoms with Gasteiger partial charge in [0.15, 0.2) is 0 Å². The summed E-state index contributed by atoms with van der Waals surface area (Å²) in [5, 5.41) is 3.50. The van der Waals surface area contributed by atoms with E-state index < -0.39 is 0 Å². The largest absolute Gasteiger partial charge is 0.311 e. The van der Waals surface area contributed by atoms with E-state index in [1.54, 1.807) is 0 Å². The molecule has 0 heterocycles. The summed E-state index contributed by atoms with van der Waals surface area (Å²) in [4.78, 5) is 0. The van der Waals surface area contributed by atoms with Crippen molar-refractivity contribution in [2.45, 2.75) is 52.6 Å². The maximum atomic E-state index is 3.89. The molecule has 0 aliphatic rings. The predicted molar refractivity (Wildman–Crippen MR) is 51.8 cm³/mol. The SMILES string of the molecule is C=C(C)C[C@H](C)NC(C)CC. The quantitative estimate of drug-likeness (QED) is 0.602. The summed E-state index contributed by atoms with van der Waals surface area (Å²) < 4.78 is 0. The van der Waals surface area contributed by atoms with E-state index in [0.29, 0.717) is 12.1 Å². The van der Waals surface area contributed by atoms with Crippen molar-refractivity contribution in [2.24, 2.45) is 0 Å². The zero-order valence-corrected chi connectivity index (χ0v) is 8.28. The van der Waals surface area contributed by atoms with E-state index in [9.17, 15) is 0 Å². The van der Waals surface area contributed by atoms with Gasteiger partial charge in [-0.1, -0.05) is 12.5 Å². The van der Waals surface area contributed by atoms with Crippen LogP contribution in [0.3, 0.4) is 0 Å². The van der Waals surface area contributed by atoms with E-state index in [2.05, 4.69) is 39.6 Å². The zero-order chi connectivity index (χ0) is 8.85. The molecule has 0 aromatic carbocycles. The molecule has 0 aliphatic carbocycles. The lowest BCUT2D eigenvalue weighted by atomic mass is 10.1. The van der Waals surface area contributed by atoms with Crippen LogP contribution >= 0.6 is 0 Å². The van der Waals surface area contributed by atoms with Crippen LogP contribution in [0.5, 0.6) is 0 Å². The van der Waals surface area contributed by atoms with Gasteiger partial charge in [0, 0.05) is 12.1 Å². The lowest BCUT2D eigenvalue weighted by molar-refractivity contribution is 0.455. The van der Waals surface area contributed by atoms with Gasteiger partial charge in [-0.05, 0) is 33.6 Å². The first-order valence-electron chi connectivity index (χ1n) is 4.46. The number of hydrogen-bond donors (Lipinski definition) is 1. The Morgan fingerprint density at radius 1 is 1.36 bits per heavy atom. The molecule has 0 aromatic rings. The molecule has 0 saturated carbocycles. The van der Waals surface area contributed by atoms with Crippen LogP contribution in [0, 0.1) is 0 Å². The minimum atomic E-state index is 0.572. The van der Waals surface area contributed by atoms with Crippen molar-refractivity contribution in [2.75, 3.05) is 0 Å². The summed E-state index contributed by atoms with van der Waals surface area (Å²) in [6, 6.07) is 1.20. The number of hydrogen-bond acceptors (Lipinski definition) is 1. The van der Waals surface area contributed by atoms with Crippen LogP contribution in [0.4, 0.5) is 0 Å². The monoisotopic (exact) mass is 155 g/mol. The molecule has 1 heteroatoms. The minimum Gasteiger partial charge on any atom is -0.311 e. The van der Waals surface area contributed by atoms with Crippen LogP contribution in [-0.4, -0.2) is 12.1 Å². The fourth-order valence-electron chi connectivity index (χ4n) is 1.19. The van der Waals surface area contributed by atoms with Gasteiger partial charge < -0.3 is 5.32 Å².